The number of hydrogen-bond donors (Lipinski definition) is 1. The summed E-state index contributed by atoms with van der Waals surface area (Å²) in [5, 5.41) is 9.50. The lowest BCUT2D eigenvalue weighted by Gasteiger charge is -2.38. The average Bonchev–Trinajstić information content (AvgIpc) is 2.53. The molecule has 0 spiro atoms. The number of ether oxygens (including phenoxy) is 1. The molecule has 9 heteroatoms. The first-order valence-electron chi connectivity index (χ1n) is 6.74. The first-order valence-corrected chi connectivity index (χ1v) is 6.74. The maximum atomic E-state index is 13.6. The standard InChI is InChI=1S/C15H14F2N2O5/c1-7-11(13(20)21)12(8-4-5-9(16)10(17)6-8)19(15(23)24-3)14(22)18(7)2/h4-6,12H,1-3H3,(H,20,21). The molecule has 1 unspecified atom stereocenters. The summed E-state index contributed by atoms with van der Waals surface area (Å²) < 4.78 is 31.3. The zero-order chi connectivity index (χ0) is 18.2. The molecule has 1 N–H and O–H groups in total. The van der Waals surface area contributed by atoms with Crippen LogP contribution in [0.4, 0.5) is 18.4 Å². The second-order valence-corrected chi connectivity index (χ2v) is 5.06. The van der Waals surface area contributed by atoms with E-state index >= 15 is 0 Å². The Morgan fingerprint density at radius 3 is 2.38 bits per heavy atom. The SMILES string of the molecule is COC(=O)N1C(=O)N(C)C(C)=C(C(=O)O)C1c1ccc(F)c(F)c1. The molecular formula is C15H14F2N2O5. The fraction of sp³-hybridized carbons (Fsp3) is 0.267. The predicted molar refractivity (Wildman–Crippen MR) is 76.8 cm³/mol. The van der Waals surface area contributed by atoms with Crippen LogP contribution in [-0.2, 0) is 9.53 Å². The zero-order valence-electron chi connectivity index (χ0n) is 13.0. The highest BCUT2D eigenvalue weighted by molar-refractivity contribution is 5.99. The van der Waals surface area contributed by atoms with Crippen LogP contribution in [0.3, 0.4) is 0 Å². The van der Waals surface area contributed by atoms with Crippen molar-refractivity contribution in [1.29, 1.82) is 0 Å². The molecule has 2 rings (SSSR count). The summed E-state index contributed by atoms with van der Waals surface area (Å²) in [4.78, 5) is 37.6. The number of carbonyl (C=O) groups excluding carboxylic acids is 2. The molecule has 0 aromatic heterocycles. The molecule has 24 heavy (non-hydrogen) atoms. The molecule has 128 valence electrons. The molecular weight excluding hydrogens is 326 g/mol. The number of urea groups is 1. The summed E-state index contributed by atoms with van der Waals surface area (Å²) in [5.74, 6) is -3.78. The third kappa shape index (κ3) is 2.68. The van der Waals surface area contributed by atoms with Gasteiger partial charge in [0, 0.05) is 12.7 Å². The number of amides is 3. The molecule has 1 aromatic rings. The van der Waals surface area contributed by atoms with E-state index in [2.05, 4.69) is 4.74 Å². The van der Waals surface area contributed by atoms with Crippen molar-refractivity contribution >= 4 is 18.1 Å². The Hall–Kier alpha value is -2.97. The number of nitrogens with zero attached hydrogens (tertiary/aromatic N) is 2. The van der Waals surface area contributed by atoms with E-state index in [-0.39, 0.29) is 16.8 Å². The number of benzene rings is 1. The number of carbonyl (C=O) groups is 3. The predicted octanol–water partition coefficient (Wildman–Crippen LogP) is 2.50. The van der Waals surface area contributed by atoms with Gasteiger partial charge in [-0.25, -0.2) is 28.1 Å². The molecule has 0 bridgehead atoms. The lowest BCUT2D eigenvalue weighted by atomic mass is 9.93. The second kappa shape index (κ2) is 6.26. The molecule has 7 nitrogen and oxygen atoms in total. The van der Waals surface area contributed by atoms with Crippen LogP contribution in [0.1, 0.15) is 18.5 Å². The number of rotatable bonds is 2. The Morgan fingerprint density at radius 1 is 1.25 bits per heavy atom. The van der Waals surface area contributed by atoms with Crippen LogP contribution < -0.4 is 0 Å². The van der Waals surface area contributed by atoms with Gasteiger partial charge in [-0.3, -0.25) is 0 Å². The van der Waals surface area contributed by atoms with Crippen molar-refractivity contribution < 1.29 is 33.0 Å². The molecule has 0 fully saturated rings. The summed E-state index contributed by atoms with van der Waals surface area (Å²) in [7, 11) is 2.31. The van der Waals surface area contributed by atoms with Crippen molar-refractivity contribution in [3.63, 3.8) is 0 Å². The lowest BCUT2D eigenvalue weighted by Crippen LogP contribution is -2.51. The van der Waals surface area contributed by atoms with Gasteiger partial charge in [0.15, 0.2) is 11.6 Å². The minimum Gasteiger partial charge on any atom is -0.478 e. The molecule has 0 saturated carbocycles. The first kappa shape index (κ1) is 17.4. The van der Waals surface area contributed by atoms with Crippen LogP contribution in [0, 0.1) is 11.6 Å². The highest BCUT2D eigenvalue weighted by Gasteiger charge is 2.44. The Kier molecular flexibility index (Phi) is 4.54. The van der Waals surface area contributed by atoms with Gasteiger partial charge in [0.1, 0.15) is 6.04 Å². The molecule has 1 aliphatic rings. The lowest BCUT2D eigenvalue weighted by molar-refractivity contribution is -0.133. The smallest absolute Gasteiger partial charge is 0.418 e. The topological polar surface area (TPSA) is 87.2 Å². The van der Waals surface area contributed by atoms with Gasteiger partial charge in [-0.1, -0.05) is 6.07 Å². The number of hydrogen-bond acceptors (Lipinski definition) is 4. The van der Waals surface area contributed by atoms with E-state index in [1.165, 1.54) is 14.0 Å². The van der Waals surface area contributed by atoms with Crippen molar-refractivity contribution in [3.8, 4) is 0 Å². The first-order chi connectivity index (χ1) is 11.2. The van der Waals surface area contributed by atoms with E-state index < -0.39 is 35.8 Å². The van der Waals surface area contributed by atoms with E-state index in [1.807, 2.05) is 0 Å². The van der Waals surface area contributed by atoms with E-state index in [1.54, 1.807) is 0 Å². The summed E-state index contributed by atoms with van der Waals surface area (Å²) in [6.07, 6.45) is -1.12. The van der Waals surface area contributed by atoms with E-state index in [0.29, 0.717) is 4.90 Å². The zero-order valence-corrected chi connectivity index (χ0v) is 13.0. The van der Waals surface area contributed by atoms with Gasteiger partial charge < -0.3 is 14.7 Å². The fourth-order valence-electron chi connectivity index (χ4n) is 2.47. The normalized spacial score (nSPS) is 18.0. The van der Waals surface area contributed by atoms with Crippen LogP contribution in [0.15, 0.2) is 29.5 Å². The quantitative estimate of drug-likeness (QED) is 0.894. The number of halogens is 2. The fourth-order valence-corrected chi connectivity index (χ4v) is 2.47. The maximum absolute atomic E-state index is 13.6. The van der Waals surface area contributed by atoms with Gasteiger partial charge in [0.25, 0.3) is 0 Å². The van der Waals surface area contributed by atoms with Crippen LogP contribution in [0.2, 0.25) is 0 Å². The third-order valence-electron chi connectivity index (χ3n) is 3.78. The minimum atomic E-state index is -1.45. The minimum absolute atomic E-state index is 0.0717. The second-order valence-electron chi connectivity index (χ2n) is 5.06. The van der Waals surface area contributed by atoms with Gasteiger partial charge in [-0.05, 0) is 24.6 Å². The molecule has 0 radical (unpaired) electrons. The molecule has 0 aliphatic carbocycles. The Morgan fingerprint density at radius 2 is 1.88 bits per heavy atom. The van der Waals surface area contributed by atoms with E-state index in [4.69, 9.17) is 0 Å². The summed E-state index contributed by atoms with van der Waals surface area (Å²) >= 11 is 0. The van der Waals surface area contributed by atoms with Crippen molar-refractivity contribution in [2.24, 2.45) is 0 Å². The monoisotopic (exact) mass is 340 g/mol. The van der Waals surface area contributed by atoms with Gasteiger partial charge in [-0.15, -0.1) is 0 Å². The van der Waals surface area contributed by atoms with E-state index in [9.17, 15) is 28.3 Å². The van der Waals surface area contributed by atoms with Crippen LogP contribution >= 0.6 is 0 Å². The highest BCUT2D eigenvalue weighted by atomic mass is 19.2. The van der Waals surface area contributed by atoms with Gasteiger partial charge in [0.05, 0.1) is 12.7 Å². The van der Waals surface area contributed by atoms with Crippen molar-refractivity contribution in [3.05, 3.63) is 46.7 Å². The Labute approximate surface area is 135 Å². The Balaban J connectivity index is 2.75. The largest absolute Gasteiger partial charge is 0.478 e. The average molecular weight is 340 g/mol. The number of methoxy groups -OCH3 is 1. The number of aliphatic carboxylic acids is 1. The van der Waals surface area contributed by atoms with Crippen molar-refractivity contribution in [2.75, 3.05) is 14.2 Å². The molecule has 3 amide bonds. The highest BCUT2D eigenvalue weighted by Crippen LogP contribution is 2.37. The van der Waals surface area contributed by atoms with Crippen molar-refractivity contribution in [2.45, 2.75) is 13.0 Å². The molecule has 0 saturated heterocycles. The summed E-state index contributed by atoms with van der Waals surface area (Å²) in [6, 6.07) is 0.337. The molecule has 1 aliphatic heterocycles. The van der Waals surface area contributed by atoms with Gasteiger partial charge in [0.2, 0.25) is 0 Å². The summed E-state index contributed by atoms with van der Waals surface area (Å²) in [6.45, 7) is 1.38. The molecule has 1 heterocycles. The number of carboxylic acid groups (broad SMARTS) is 1. The molecule has 1 aromatic carbocycles. The van der Waals surface area contributed by atoms with E-state index in [0.717, 1.165) is 30.2 Å². The number of imide groups is 1. The van der Waals surface area contributed by atoms with Gasteiger partial charge >= 0.3 is 18.1 Å². The number of carboxylic acids is 1. The molecule has 1 atom stereocenters. The third-order valence-corrected chi connectivity index (χ3v) is 3.78. The maximum Gasteiger partial charge on any atom is 0.418 e. The Bertz CT molecular complexity index is 762. The van der Waals surface area contributed by atoms with Crippen molar-refractivity contribution in [1.82, 2.24) is 9.80 Å². The number of allylic oxidation sites excluding steroid dienone is 1. The van der Waals surface area contributed by atoms with Crippen LogP contribution in [0.5, 0.6) is 0 Å². The van der Waals surface area contributed by atoms with Crippen LogP contribution in [0.25, 0.3) is 0 Å². The van der Waals surface area contributed by atoms with Crippen LogP contribution in [-0.4, -0.2) is 47.2 Å². The van der Waals surface area contributed by atoms with Gasteiger partial charge in [-0.2, -0.15) is 0 Å². The summed E-state index contributed by atoms with van der Waals surface area (Å²) in [5.41, 5.74) is -0.326.